The molecule has 0 rings (SSSR count). The monoisotopic (exact) mass is 108 g/mol. The van der Waals surface area contributed by atoms with Crippen molar-refractivity contribution >= 4 is 11.3 Å². The SMILES string of the molecule is CN(C)S(=O)[O-]. The van der Waals surface area contributed by atoms with E-state index in [0.29, 0.717) is 0 Å². The molecule has 0 bridgehead atoms. The average molecular weight is 108 g/mol. The smallest absolute Gasteiger partial charge is 0.0203 e. The Balaban J connectivity index is 3.26. The summed E-state index contributed by atoms with van der Waals surface area (Å²) in [6.07, 6.45) is 0. The molecule has 6 heavy (non-hydrogen) atoms. The third-order valence-corrected chi connectivity index (χ3v) is 0.894. The van der Waals surface area contributed by atoms with Crippen molar-refractivity contribution in [3.8, 4) is 0 Å². The van der Waals surface area contributed by atoms with Crippen molar-refractivity contribution in [3.63, 3.8) is 0 Å². The quantitative estimate of drug-likeness (QED) is 0.418. The van der Waals surface area contributed by atoms with Crippen LogP contribution in [0.25, 0.3) is 0 Å². The van der Waals surface area contributed by atoms with Crippen LogP contribution in [0.2, 0.25) is 0 Å². The van der Waals surface area contributed by atoms with Gasteiger partial charge in [0.2, 0.25) is 0 Å². The van der Waals surface area contributed by atoms with Gasteiger partial charge in [-0.05, 0) is 14.1 Å². The number of hydrogen-bond donors (Lipinski definition) is 0. The summed E-state index contributed by atoms with van der Waals surface area (Å²) in [4.78, 5) is 0. The molecule has 0 aliphatic carbocycles. The molecule has 1 unspecified atom stereocenters. The van der Waals surface area contributed by atoms with Gasteiger partial charge in [0.05, 0.1) is 0 Å². The van der Waals surface area contributed by atoms with E-state index < -0.39 is 11.3 Å². The molecule has 38 valence electrons. The fraction of sp³-hybridized carbons (Fsp3) is 1.00. The van der Waals surface area contributed by atoms with Crippen LogP contribution in [0.3, 0.4) is 0 Å². The molecule has 0 aromatic carbocycles. The van der Waals surface area contributed by atoms with Gasteiger partial charge in [0.1, 0.15) is 0 Å². The Morgan fingerprint density at radius 3 is 1.83 bits per heavy atom. The highest BCUT2D eigenvalue weighted by molar-refractivity contribution is 7.76. The van der Waals surface area contributed by atoms with E-state index >= 15 is 0 Å². The molecule has 0 aliphatic heterocycles. The zero-order valence-corrected chi connectivity index (χ0v) is 4.49. The minimum absolute atomic E-state index is 1.08. The van der Waals surface area contributed by atoms with Gasteiger partial charge in [-0.2, -0.15) is 0 Å². The summed E-state index contributed by atoms with van der Waals surface area (Å²) in [6, 6.07) is 0. The Kier molecular flexibility index (Phi) is 2.31. The standard InChI is InChI=1S/C2H7NO2S/c1-3(2)6(4)5/h1-2H3,(H,4,5)/p-1. The van der Waals surface area contributed by atoms with Gasteiger partial charge in [0.15, 0.2) is 0 Å². The first kappa shape index (κ1) is 6.07. The fourth-order valence-corrected chi connectivity index (χ4v) is 0. The van der Waals surface area contributed by atoms with E-state index in [2.05, 4.69) is 0 Å². The lowest BCUT2D eigenvalue weighted by molar-refractivity contribution is 0.470. The third-order valence-electron chi connectivity index (χ3n) is 0.298. The highest BCUT2D eigenvalue weighted by atomic mass is 32.2. The fourth-order valence-electron chi connectivity index (χ4n) is 0. The summed E-state index contributed by atoms with van der Waals surface area (Å²) in [5.41, 5.74) is 0. The predicted octanol–water partition coefficient (Wildman–Crippen LogP) is -0.658. The second-order valence-electron chi connectivity index (χ2n) is 1.03. The van der Waals surface area contributed by atoms with Crippen LogP contribution in [0.4, 0.5) is 0 Å². The van der Waals surface area contributed by atoms with Crippen molar-refractivity contribution in [2.24, 2.45) is 0 Å². The summed E-state index contributed by atoms with van der Waals surface area (Å²) in [5, 5.41) is 0. The molecule has 1 atom stereocenters. The largest absolute Gasteiger partial charge is 0.760 e. The second-order valence-corrected chi connectivity index (χ2v) is 2.19. The van der Waals surface area contributed by atoms with Crippen molar-refractivity contribution < 1.29 is 8.76 Å². The van der Waals surface area contributed by atoms with E-state index in [0.717, 1.165) is 4.31 Å². The average Bonchev–Trinajstić information content (AvgIpc) is 1.36. The molecule has 0 saturated carbocycles. The zero-order chi connectivity index (χ0) is 5.15. The van der Waals surface area contributed by atoms with Gasteiger partial charge in [-0.3, -0.25) is 4.21 Å². The Morgan fingerprint density at radius 2 is 1.83 bits per heavy atom. The molecule has 0 spiro atoms. The summed E-state index contributed by atoms with van der Waals surface area (Å²) in [7, 11) is 2.92. The Morgan fingerprint density at radius 1 is 1.67 bits per heavy atom. The van der Waals surface area contributed by atoms with Gasteiger partial charge >= 0.3 is 0 Å². The molecule has 0 aromatic heterocycles. The first-order chi connectivity index (χ1) is 2.64. The zero-order valence-electron chi connectivity index (χ0n) is 3.67. The maximum Gasteiger partial charge on any atom is 0.0203 e. The van der Waals surface area contributed by atoms with Gasteiger partial charge in [-0.1, -0.05) is 0 Å². The van der Waals surface area contributed by atoms with Crippen LogP contribution in [-0.4, -0.2) is 27.2 Å². The highest BCUT2D eigenvalue weighted by Gasteiger charge is 1.78. The van der Waals surface area contributed by atoms with E-state index in [1.54, 1.807) is 0 Å². The van der Waals surface area contributed by atoms with Gasteiger partial charge in [0, 0.05) is 11.3 Å². The molecule has 3 nitrogen and oxygen atoms in total. The van der Waals surface area contributed by atoms with Crippen LogP contribution in [0.15, 0.2) is 0 Å². The van der Waals surface area contributed by atoms with Crippen molar-refractivity contribution in [2.45, 2.75) is 0 Å². The van der Waals surface area contributed by atoms with E-state index in [1.165, 1.54) is 14.1 Å². The maximum atomic E-state index is 9.62. The van der Waals surface area contributed by atoms with Crippen molar-refractivity contribution in [1.82, 2.24) is 4.31 Å². The third kappa shape index (κ3) is 2.32. The predicted molar refractivity (Wildman–Crippen MR) is 22.6 cm³/mol. The summed E-state index contributed by atoms with van der Waals surface area (Å²) in [5.74, 6) is 0. The van der Waals surface area contributed by atoms with Crippen LogP contribution in [0.1, 0.15) is 0 Å². The molecule has 0 amide bonds. The number of nitrogens with zero attached hydrogens (tertiary/aromatic N) is 1. The minimum atomic E-state index is -2.03. The number of rotatable bonds is 1. The number of hydrogen-bond acceptors (Lipinski definition) is 2. The first-order valence-electron chi connectivity index (χ1n) is 1.41. The first-order valence-corrected chi connectivity index (χ1v) is 2.44. The highest BCUT2D eigenvalue weighted by Crippen LogP contribution is 1.73. The van der Waals surface area contributed by atoms with Crippen molar-refractivity contribution in [3.05, 3.63) is 0 Å². The lowest BCUT2D eigenvalue weighted by Crippen LogP contribution is -2.13. The molecule has 0 aliphatic rings. The van der Waals surface area contributed by atoms with Gasteiger partial charge in [0.25, 0.3) is 0 Å². The van der Waals surface area contributed by atoms with Gasteiger partial charge in [-0.15, -0.1) is 0 Å². The molecule has 0 aromatic rings. The van der Waals surface area contributed by atoms with Gasteiger partial charge in [-0.25, -0.2) is 4.31 Å². The molecule has 0 heterocycles. The van der Waals surface area contributed by atoms with Crippen LogP contribution in [0, 0.1) is 0 Å². The molecular weight excluding hydrogens is 102 g/mol. The minimum Gasteiger partial charge on any atom is -0.760 e. The van der Waals surface area contributed by atoms with Crippen LogP contribution >= 0.6 is 0 Å². The molecule has 0 saturated heterocycles. The van der Waals surface area contributed by atoms with Crippen LogP contribution in [0.5, 0.6) is 0 Å². The summed E-state index contributed by atoms with van der Waals surface area (Å²) >= 11 is -2.03. The van der Waals surface area contributed by atoms with E-state index in [9.17, 15) is 8.76 Å². The lowest BCUT2D eigenvalue weighted by Gasteiger charge is -2.10. The van der Waals surface area contributed by atoms with Crippen molar-refractivity contribution in [2.75, 3.05) is 14.1 Å². The molecule has 0 fully saturated rings. The molecule has 4 heteroatoms. The van der Waals surface area contributed by atoms with Crippen LogP contribution in [-0.2, 0) is 11.3 Å². The Hall–Kier alpha value is 0.0700. The second kappa shape index (κ2) is 2.28. The Bertz CT molecular complexity index is 62.6. The van der Waals surface area contributed by atoms with E-state index in [-0.39, 0.29) is 0 Å². The summed E-state index contributed by atoms with van der Waals surface area (Å²) in [6.45, 7) is 0. The van der Waals surface area contributed by atoms with Crippen molar-refractivity contribution in [1.29, 1.82) is 0 Å². The molecular formula is C2H6NO2S-. The molecule has 0 N–H and O–H groups in total. The normalized spacial score (nSPS) is 15.3. The lowest BCUT2D eigenvalue weighted by atomic mass is 11.3. The van der Waals surface area contributed by atoms with E-state index in [1.807, 2.05) is 0 Å². The Labute approximate surface area is 39.4 Å². The maximum absolute atomic E-state index is 9.62. The van der Waals surface area contributed by atoms with Gasteiger partial charge < -0.3 is 4.55 Å². The summed E-state index contributed by atoms with van der Waals surface area (Å²) < 4.78 is 20.3. The van der Waals surface area contributed by atoms with E-state index in [4.69, 9.17) is 0 Å². The molecule has 0 radical (unpaired) electrons. The topological polar surface area (TPSA) is 43.4 Å². The van der Waals surface area contributed by atoms with Crippen LogP contribution < -0.4 is 0 Å².